The van der Waals surface area contributed by atoms with Gasteiger partial charge in [0.25, 0.3) is 5.91 Å². The van der Waals surface area contributed by atoms with Gasteiger partial charge in [-0.25, -0.2) is 4.79 Å². The van der Waals surface area contributed by atoms with Crippen LogP contribution in [0.1, 0.15) is 57.6 Å². The molecule has 2 heterocycles. The number of nitrogens with zero attached hydrogens (tertiary/aromatic N) is 1. The van der Waals surface area contributed by atoms with Crippen LogP contribution in [0.15, 0.2) is 28.7 Å². The highest BCUT2D eigenvalue weighted by molar-refractivity contribution is 9.10. The molecule has 1 aliphatic heterocycles. The Balaban J connectivity index is 1.80. The molecule has 0 saturated carbocycles. The van der Waals surface area contributed by atoms with E-state index < -0.39 is 5.97 Å². The van der Waals surface area contributed by atoms with Crippen molar-refractivity contribution in [3.63, 3.8) is 0 Å². The van der Waals surface area contributed by atoms with E-state index in [0.717, 1.165) is 10.0 Å². The summed E-state index contributed by atoms with van der Waals surface area (Å²) in [6, 6.07) is 7.91. The molecule has 1 saturated heterocycles. The zero-order chi connectivity index (χ0) is 20.4. The lowest BCUT2D eigenvalue weighted by molar-refractivity contribution is -0.0230. The van der Waals surface area contributed by atoms with E-state index in [9.17, 15) is 9.59 Å². The molecule has 6 nitrogen and oxygen atoms in total. The lowest BCUT2D eigenvalue weighted by atomic mass is 10.1. The molecule has 0 bridgehead atoms. The number of hydrogen-bond acceptors (Lipinski definition) is 4. The number of ether oxygens (including phenoxy) is 2. The summed E-state index contributed by atoms with van der Waals surface area (Å²) in [5.41, 5.74) is 3.17. The van der Waals surface area contributed by atoms with Crippen LogP contribution in [0.4, 0.5) is 0 Å². The normalized spacial score (nSPS) is 17.1. The van der Waals surface area contributed by atoms with Gasteiger partial charge in [-0.3, -0.25) is 4.79 Å². The number of hydrogen-bond donors (Lipinski definition) is 1. The number of esters is 1. The van der Waals surface area contributed by atoms with Crippen molar-refractivity contribution in [3.05, 3.63) is 56.8 Å². The van der Waals surface area contributed by atoms with Gasteiger partial charge in [0, 0.05) is 16.7 Å². The van der Waals surface area contributed by atoms with Crippen LogP contribution >= 0.6 is 15.9 Å². The molecule has 2 aromatic rings. The van der Waals surface area contributed by atoms with E-state index in [1.165, 1.54) is 0 Å². The molecule has 1 N–H and O–H groups in total. The number of carbonyl (C=O) groups excluding carboxylic acids is 2. The summed E-state index contributed by atoms with van der Waals surface area (Å²) in [5, 5.41) is 0. The van der Waals surface area contributed by atoms with Gasteiger partial charge in [0.05, 0.1) is 24.8 Å². The molecule has 1 amide bonds. The van der Waals surface area contributed by atoms with E-state index in [-0.39, 0.29) is 18.1 Å². The summed E-state index contributed by atoms with van der Waals surface area (Å²) < 4.78 is 12.2. The highest BCUT2D eigenvalue weighted by atomic mass is 79.9. The molecule has 1 unspecified atom stereocenters. The third-order valence-corrected chi connectivity index (χ3v) is 5.32. The first-order valence-corrected chi connectivity index (χ1v) is 10.1. The number of aryl methyl sites for hydroxylation is 1. The quantitative estimate of drug-likeness (QED) is 0.712. The van der Waals surface area contributed by atoms with Gasteiger partial charge in [0.2, 0.25) is 0 Å². The number of benzene rings is 1. The molecule has 150 valence electrons. The van der Waals surface area contributed by atoms with Gasteiger partial charge in [-0.05, 0) is 51.0 Å². The van der Waals surface area contributed by atoms with Crippen LogP contribution in [-0.2, 0) is 9.47 Å². The molecule has 1 atom stereocenters. The zero-order valence-corrected chi connectivity index (χ0v) is 18.1. The molecule has 1 fully saturated rings. The minimum atomic E-state index is -0.407. The van der Waals surface area contributed by atoms with Gasteiger partial charge in [-0.2, -0.15) is 0 Å². The number of rotatable bonds is 4. The van der Waals surface area contributed by atoms with E-state index in [2.05, 4.69) is 20.9 Å². The maximum absolute atomic E-state index is 13.1. The number of morpholine rings is 1. The monoisotopic (exact) mass is 448 g/mol. The summed E-state index contributed by atoms with van der Waals surface area (Å²) in [7, 11) is 0. The predicted molar refractivity (Wildman–Crippen MR) is 110 cm³/mol. The summed E-state index contributed by atoms with van der Waals surface area (Å²) in [6.07, 6.45) is -0.390. The van der Waals surface area contributed by atoms with Gasteiger partial charge >= 0.3 is 5.97 Å². The van der Waals surface area contributed by atoms with Crippen molar-refractivity contribution in [1.82, 2.24) is 9.88 Å². The van der Waals surface area contributed by atoms with Crippen molar-refractivity contribution in [2.45, 2.75) is 39.9 Å². The van der Waals surface area contributed by atoms with Crippen LogP contribution in [0.2, 0.25) is 0 Å². The first-order chi connectivity index (χ1) is 13.3. The van der Waals surface area contributed by atoms with Crippen LogP contribution in [-0.4, -0.2) is 47.6 Å². The molecule has 1 aliphatic rings. The Hall–Kier alpha value is -2.12. The molecule has 0 radical (unpaired) electrons. The van der Waals surface area contributed by atoms with Crippen molar-refractivity contribution >= 4 is 27.8 Å². The third-order valence-electron chi connectivity index (χ3n) is 4.79. The van der Waals surface area contributed by atoms with Crippen LogP contribution in [0.3, 0.4) is 0 Å². The first-order valence-electron chi connectivity index (χ1n) is 9.34. The van der Waals surface area contributed by atoms with Gasteiger partial charge in [-0.1, -0.05) is 28.1 Å². The summed E-state index contributed by atoms with van der Waals surface area (Å²) >= 11 is 3.43. The second-order valence-electron chi connectivity index (χ2n) is 7.24. The minimum Gasteiger partial charge on any atom is -0.459 e. The SMILES string of the molecule is Cc1[nH]c(C(=O)N2CCOC(c3ccc(Br)cc3)C2)c(C)c1C(=O)OC(C)C. The molecular weight excluding hydrogens is 424 g/mol. The lowest BCUT2D eigenvalue weighted by Gasteiger charge is -2.33. The number of aromatic nitrogens is 1. The smallest absolute Gasteiger partial charge is 0.340 e. The molecular formula is C21H25BrN2O4. The maximum atomic E-state index is 13.1. The van der Waals surface area contributed by atoms with Crippen molar-refractivity contribution in [2.24, 2.45) is 0 Å². The number of halogens is 1. The Bertz CT molecular complexity index is 873. The Morgan fingerprint density at radius 2 is 1.93 bits per heavy atom. The second-order valence-corrected chi connectivity index (χ2v) is 8.16. The van der Waals surface area contributed by atoms with Crippen LogP contribution in [0, 0.1) is 13.8 Å². The molecule has 0 spiro atoms. The third kappa shape index (κ3) is 4.31. The summed E-state index contributed by atoms with van der Waals surface area (Å²) in [5.74, 6) is -0.537. The zero-order valence-electron chi connectivity index (χ0n) is 16.5. The molecule has 0 aliphatic carbocycles. The van der Waals surface area contributed by atoms with Crippen molar-refractivity contribution in [1.29, 1.82) is 0 Å². The fourth-order valence-corrected chi connectivity index (χ4v) is 3.68. The van der Waals surface area contributed by atoms with Crippen LogP contribution < -0.4 is 0 Å². The van der Waals surface area contributed by atoms with E-state index in [0.29, 0.717) is 42.2 Å². The fraction of sp³-hybridized carbons (Fsp3) is 0.429. The molecule has 1 aromatic carbocycles. The number of H-pyrrole nitrogens is 1. The molecule has 7 heteroatoms. The van der Waals surface area contributed by atoms with Crippen molar-refractivity contribution in [2.75, 3.05) is 19.7 Å². The van der Waals surface area contributed by atoms with Gasteiger partial charge < -0.3 is 19.4 Å². The standard InChI is InChI=1S/C21H25BrN2O4/c1-12(2)28-21(26)18-13(3)19(23-14(18)4)20(25)24-9-10-27-17(11-24)15-5-7-16(22)8-6-15/h5-8,12,17,23H,9-11H2,1-4H3. The average molecular weight is 449 g/mol. The number of carbonyl (C=O) groups is 2. The highest BCUT2D eigenvalue weighted by Crippen LogP contribution is 2.26. The largest absolute Gasteiger partial charge is 0.459 e. The molecule has 1 aromatic heterocycles. The Labute approximate surface area is 173 Å². The topological polar surface area (TPSA) is 71.6 Å². The average Bonchev–Trinajstić information content (AvgIpc) is 2.95. The Morgan fingerprint density at radius 1 is 1.25 bits per heavy atom. The van der Waals surface area contributed by atoms with E-state index >= 15 is 0 Å². The number of nitrogens with one attached hydrogen (secondary N) is 1. The summed E-state index contributed by atoms with van der Waals surface area (Å²) in [4.78, 5) is 30.4. The second kappa shape index (κ2) is 8.49. The molecule has 28 heavy (non-hydrogen) atoms. The van der Waals surface area contributed by atoms with Crippen molar-refractivity contribution < 1.29 is 19.1 Å². The molecule has 3 rings (SSSR count). The van der Waals surface area contributed by atoms with E-state index in [1.807, 2.05) is 24.3 Å². The summed E-state index contributed by atoms with van der Waals surface area (Å²) in [6.45, 7) is 8.60. The van der Waals surface area contributed by atoms with Crippen LogP contribution in [0.5, 0.6) is 0 Å². The first kappa shape index (κ1) is 20.6. The van der Waals surface area contributed by atoms with E-state index in [4.69, 9.17) is 9.47 Å². The van der Waals surface area contributed by atoms with Crippen LogP contribution in [0.25, 0.3) is 0 Å². The lowest BCUT2D eigenvalue weighted by Crippen LogP contribution is -2.42. The number of aromatic amines is 1. The number of amides is 1. The minimum absolute atomic E-state index is 0.130. The maximum Gasteiger partial charge on any atom is 0.340 e. The van der Waals surface area contributed by atoms with Gasteiger partial charge in [-0.15, -0.1) is 0 Å². The highest BCUT2D eigenvalue weighted by Gasteiger charge is 2.30. The fourth-order valence-electron chi connectivity index (χ4n) is 3.41. The van der Waals surface area contributed by atoms with Crippen molar-refractivity contribution in [3.8, 4) is 0 Å². The predicted octanol–water partition coefficient (Wildman–Crippen LogP) is 4.17. The van der Waals surface area contributed by atoms with E-state index in [1.54, 1.807) is 32.6 Å². The Morgan fingerprint density at radius 3 is 2.57 bits per heavy atom. The Kier molecular flexibility index (Phi) is 6.25. The van der Waals surface area contributed by atoms with Gasteiger partial charge in [0.1, 0.15) is 11.8 Å². The van der Waals surface area contributed by atoms with Gasteiger partial charge in [0.15, 0.2) is 0 Å².